The van der Waals surface area contributed by atoms with Crippen LogP contribution in [0, 0.1) is 10.1 Å². The molecule has 2 N–H and O–H groups in total. The minimum atomic E-state index is -4.11. The van der Waals surface area contributed by atoms with Crippen molar-refractivity contribution in [1.82, 2.24) is 9.62 Å². The van der Waals surface area contributed by atoms with Gasteiger partial charge in [0.25, 0.3) is 5.69 Å². The molecule has 1 rings (SSSR count). The van der Waals surface area contributed by atoms with E-state index >= 15 is 0 Å². The summed E-state index contributed by atoms with van der Waals surface area (Å²) in [5.74, 6) is -2.07. The molecule has 120 valence electrons. The Morgan fingerprint density at radius 2 is 2.05 bits per heavy atom. The second kappa shape index (κ2) is 6.95. The number of amides is 1. The van der Waals surface area contributed by atoms with Gasteiger partial charge >= 0.3 is 5.97 Å². The maximum atomic E-state index is 12.2. The lowest BCUT2D eigenvalue weighted by molar-refractivity contribution is -0.385. The van der Waals surface area contributed by atoms with Crippen LogP contribution in [0.3, 0.4) is 0 Å². The van der Waals surface area contributed by atoms with E-state index in [1.54, 1.807) is 0 Å². The molecule has 11 heteroatoms. The second-order valence-corrected chi connectivity index (χ2v) is 6.23. The molecule has 0 fully saturated rings. The molecule has 0 unspecified atom stereocenters. The number of aliphatic carboxylic acids is 1. The van der Waals surface area contributed by atoms with Crippen LogP contribution in [0.2, 0.25) is 0 Å². The molecule has 1 aromatic rings. The van der Waals surface area contributed by atoms with Crippen LogP contribution in [-0.4, -0.2) is 54.8 Å². The van der Waals surface area contributed by atoms with Crippen molar-refractivity contribution >= 4 is 27.6 Å². The average Bonchev–Trinajstić information content (AvgIpc) is 2.45. The van der Waals surface area contributed by atoms with Gasteiger partial charge in [-0.15, -0.1) is 0 Å². The van der Waals surface area contributed by atoms with Gasteiger partial charge in [-0.05, 0) is 6.07 Å². The Kier molecular flexibility index (Phi) is 5.54. The Labute approximate surface area is 125 Å². The topological polar surface area (TPSA) is 147 Å². The maximum Gasteiger partial charge on any atom is 0.322 e. The first-order valence-electron chi connectivity index (χ1n) is 5.84. The minimum Gasteiger partial charge on any atom is -0.480 e. The van der Waals surface area contributed by atoms with Crippen LogP contribution in [0.5, 0.6) is 0 Å². The van der Waals surface area contributed by atoms with E-state index < -0.39 is 45.6 Å². The number of hydrogen-bond acceptors (Lipinski definition) is 6. The van der Waals surface area contributed by atoms with E-state index in [4.69, 9.17) is 5.11 Å². The van der Waals surface area contributed by atoms with Gasteiger partial charge in [0, 0.05) is 19.2 Å². The Bertz CT molecular complexity index is 701. The normalized spacial score (nSPS) is 11.2. The molecule has 0 saturated carbocycles. The van der Waals surface area contributed by atoms with Gasteiger partial charge < -0.3 is 10.4 Å². The van der Waals surface area contributed by atoms with Crippen LogP contribution in [0.15, 0.2) is 29.2 Å². The van der Waals surface area contributed by atoms with E-state index in [-0.39, 0.29) is 4.90 Å². The lowest BCUT2D eigenvalue weighted by Crippen LogP contribution is -2.40. The van der Waals surface area contributed by atoms with Gasteiger partial charge in [-0.1, -0.05) is 6.07 Å². The molecule has 22 heavy (non-hydrogen) atoms. The fourth-order valence-corrected chi connectivity index (χ4v) is 2.62. The van der Waals surface area contributed by atoms with Crippen LogP contribution in [0.25, 0.3) is 0 Å². The van der Waals surface area contributed by atoms with E-state index in [1.807, 2.05) is 5.32 Å². The number of carbonyl (C=O) groups is 2. The Hall–Kier alpha value is -2.53. The third-order valence-electron chi connectivity index (χ3n) is 2.54. The number of carboxylic acids is 1. The van der Waals surface area contributed by atoms with E-state index in [0.717, 1.165) is 25.2 Å². The van der Waals surface area contributed by atoms with Crippen molar-refractivity contribution in [1.29, 1.82) is 0 Å². The largest absolute Gasteiger partial charge is 0.480 e. The zero-order valence-electron chi connectivity index (χ0n) is 11.4. The third kappa shape index (κ3) is 4.49. The van der Waals surface area contributed by atoms with E-state index in [9.17, 15) is 28.1 Å². The van der Waals surface area contributed by atoms with Crippen LogP contribution in [-0.2, 0) is 19.6 Å². The van der Waals surface area contributed by atoms with Crippen molar-refractivity contribution in [2.24, 2.45) is 0 Å². The molecule has 0 aromatic heterocycles. The summed E-state index contributed by atoms with van der Waals surface area (Å²) in [5.41, 5.74) is -0.398. The maximum absolute atomic E-state index is 12.2. The molecule has 0 aliphatic carbocycles. The molecule has 0 aliphatic heterocycles. The first kappa shape index (κ1) is 17.5. The van der Waals surface area contributed by atoms with Crippen molar-refractivity contribution in [3.05, 3.63) is 34.4 Å². The van der Waals surface area contributed by atoms with Gasteiger partial charge in [0.15, 0.2) is 0 Å². The van der Waals surface area contributed by atoms with E-state index in [0.29, 0.717) is 4.31 Å². The van der Waals surface area contributed by atoms with Crippen LogP contribution in [0.1, 0.15) is 0 Å². The second-order valence-electron chi connectivity index (χ2n) is 4.19. The monoisotopic (exact) mass is 331 g/mol. The van der Waals surface area contributed by atoms with Crippen LogP contribution < -0.4 is 5.32 Å². The Morgan fingerprint density at radius 1 is 1.41 bits per heavy atom. The fraction of sp³-hybridized carbons (Fsp3) is 0.273. The van der Waals surface area contributed by atoms with Gasteiger partial charge in [0.2, 0.25) is 15.9 Å². The summed E-state index contributed by atoms with van der Waals surface area (Å²) in [7, 11) is -3.00. The summed E-state index contributed by atoms with van der Waals surface area (Å²) in [5, 5.41) is 21.1. The standard InChI is InChI=1S/C11H13N3O7S/c1-13(7-10(15)12-6-11(16)17)22(20,21)9-4-2-3-8(5-9)14(18)19/h2-5H,6-7H2,1H3,(H,12,15)(H,16,17). The van der Waals surface area contributed by atoms with E-state index in [1.165, 1.54) is 6.07 Å². The van der Waals surface area contributed by atoms with Gasteiger partial charge in [-0.3, -0.25) is 19.7 Å². The molecule has 10 nitrogen and oxygen atoms in total. The molecular weight excluding hydrogens is 318 g/mol. The zero-order valence-corrected chi connectivity index (χ0v) is 12.2. The van der Waals surface area contributed by atoms with Gasteiger partial charge in [0.05, 0.1) is 16.4 Å². The van der Waals surface area contributed by atoms with Crippen molar-refractivity contribution in [2.45, 2.75) is 4.90 Å². The van der Waals surface area contributed by atoms with Crippen molar-refractivity contribution in [2.75, 3.05) is 20.1 Å². The SMILES string of the molecule is CN(CC(=O)NCC(=O)O)S(=O)(=O)c1cccc([N+](=O)[O-])c1. The summed E-state index contributed by atoms with van der Waals surface area (Å²) < 4.78 is 25.0. The Morgan fingerprint density at radius 3 is 2.59 bits per heavy atom. The molecule has 1 amide bonds. The molecule has 0 aliphatic rings. The number of sulfonamides is 1. The number of carboxylic acid groups (broad SMARTS) is 1. The summed E-state index contributed by atoms with van der Waals surface area (Å²) in [4.78, 5) is 31.3. The lowest BCUT2D eigenvalue weighted by Gasteiger charge is -2.16. The van der Waals surface area contributed by atoms with Crippen molar-refractivity contribution < 1.29 is 28.0 Å². The quantitative estimate of drug-likeness (QED) is 0.501. The average molecular weight is 331 g/mol. The highest BCUT2D eigenvalue weighted by Gasteiger charge is 2.24. The van der Waals surface area contributed by atoms with Gasteiger partial charge in [-0.2, -0.15) is 4.31 Å². The highest BCUT2D eigenvalue weighted by Crippen LogP contribution is 2.19. The molecule has 0 spiro atoms. The molecule has 0 bridgehead atoms. The van der Waals surface area contributed by atoms with Crippen LogP contribution >= 0.6 is 0 Å². The highest BCUT2D eigenvalue weighted by atomic mass is 32.2. The van der Waals surface area contributed by atoms with E-state index in [2.05, 4.69) is 0 Å². The number of nitrogens with one attached hydrogen (secondary N) is 1. The minimum absolute atomic E-state index is 0.338. The number of nitrogens with zero attached hydrogens (tertiary/aromatic N) is 2. The Balaban J connectivity index is 2.89. The summed E-state index contributed by atoms with van der Waals surface area (Å²) in [6.45, 7) is -1.25. The number of nitro benzene ring substituents is 1. The van der Waals surface area contributed by atoms with Gasteiger partial charge in [0.1, 0.15) is 6.54 Å². The predicted octanol–water partition coefficient (Wildman–Crippen LogP) is -0.584. The highest BCUT2D eigenvalue weighted by molar-refractivity contribution is 7.89. The first-order valence-corrected chi connectivity index (χ1v) is 7.28. The molecule has 0 radical (unpaired) electrons. The number of hydrogen-bond donors (Lipinski definition) is 2. The number of likely N-dealkylation sites (N-methyl/N-ethyl adjacent to an activating group) is 1. The smallest absolute Gasteiger partial charge is 0.322 e. The lowest BCUT2D eigenvalue weighted by atomic mass is 10.3. The van der Waals surface area contributed by atoms with Crippen molar-refractivity contribution in [3.8, 4) is 0 Å². The number of benzene rings is 1. The van der Waals surface area contributed by atoms with Gasteiger partial charge in [-0.25, -0.2) is 8.42 Å². The summed E-state index contributed by atoms with van der Waals surface area (Å²) in [6, 6.07) is 4.39. The number of non-ortho nitro benzene ring substituents is 1. The summed E-state index contributed by atoms with van der Waals surface area (Å²) in [6.07, 6.45) is 0. The predicted molar refractivity (Wildman–Crippen MR) is 73.6 cm³/mol. The third-order valence-corrected chi connectivity index (χ3v) is 4.34. The zero-order chi connectivity index (χ0) is 16.9. The van der Waals surface area contributed by atoms with Crippen LogP contribution in [0.4, 0.5) is 5.69 Å². The molecule has 1 aromatic carbocycles. The summed E-state index contributed by atoms with van der Waals surface area (Å²) >= 11 is 0. The first-order chi connectivity index (χ1) is 10.1. The fourth-order valence-electron chi connectivity index (χ4n) is 1.45. The number of nitro groups is 1. The van der Waals surface area contributed by atoms with Crippen molar-refractivity contribution in [3.63, 3.8) is 0 Å². The molecular formula is C11H13N3O7S. The molecule has 0 saturated heterocycles. The number of carbonyl (C=O) groups excluding carboxylic acids is 1. The number of rotatable bonds is 7. The molecule has 0 heterocycles. The molecule has 0 atom stereocenters.